The van der Waals surface area contributed by atoms with E-state index < -0.39 is 6.10 Å². The predicted octanol–water partition coefficient (Wildman–Crippen LogP) is 0.920. The highest BCUT2D eigenvalue weighted by Crippen LogP contribution is 2.30. The van der Waals surface area contributed by atoms with E-state index >= 15 is 0 Å². The first-order valence-corrected chi connectivity index (χ1v) is 4.95. The largest absolute Gasteiger partial charge is 0.495 e. The number of methoxy groups -OCH3 is 1. The molecule has 0 radical (unpaired) electrons. The molecule has 0 saturated heterocycles. The Balaban J connectivity index is 2.83. The summed E-state index contributed by atoms with van der Waals surface area (Å²) < 4.78 is 5.09. The molecule has 0 aliphatic heterocycles. The van der Waals surface area contributed by atoms with Crippen LogP contribution in [0.25, 0.3) is 0 Å². The summed E-state index contributed by atoms with van der Waals surface area (Å²) in [7, 11) is 3.41. The van der Waals surface area contributed by atoms with E-state index in [0.717, 1.165) is 12.1 Å². The average Bonchev–Trinajstić information content (AvgIpc) is 2.26. The van der Waals surface area contributed by atoms with Crippen molar-refractivity contribution in [3.63, 3.8) is 0 Å². The number of hydrogen-bond donors (Lipinski definition) is 3. The minimum atomic E-state index is -0.549. The van der Waals surface area contributed by atoms with Crippen molar-refractivity contribution in [3.8, 4) is 5.75 Å². The van der Waals surface area contributed by atoms with E-state index in [4.69, 9.17) is 10.5 Å². The van der Waals surface area contributed by atoms with Gasteiger partial charge in [0.2, 0.25) is 0 Å². The quantitative estimate of drug-likeness (QED) is 0.632. The van der Waals surface area contributed by atoms with Gasteiger partial charge in [0, 0.05) is 5.56 Å². The molecule has 1 unspecified atom stereocenters. The van der Waals surface area contributed by atoms with E-state index in [1.807, 2.05) is 19.2 Å². The smallest absolute Gasteiger partial charge is 0.142 e. The zero-order valence-corrected chi connectivity index (χ0v) is 9.16. The van der Waals surface area contributed by atoms with Crippen LogP contribution < -0.4 is 15.8 Å². The van der Waals surface area contributed by atoms with Gasteiger partial charge in [-0.2, -0.15) is 0 Å². The summed E-state index contributed by atoms with van der Waals surface area (Å²) in [5.74, 6) is 0.607. The highest BCUT2D eigenvalue weighted by Gasteiger charge is 2.12. The van der Waals surface area contributed by atoms with Crippen molar-refractivity contribution in [1.29, 1.82) is 0 Å². The Bertz CT molecular complexity index is 315. The molecule has 0 spiro atoms. The number of para-hydroxylation sites is 1. The summed E-state index contributed by atoms with van der Waals surface area (Å²) in [6, 6.07) is 5.43. The number of nitrogens with two attached hydrogens (primary N) is 1. The summed E-state index contributed by atoms with van der Waals surface area (Å²) >= 11 is 0. The first kappa shape index (κ1) is 11.8. The molecule has 1 atom stereocenters. The maximum Gasteiger partial charge on any atom is 0.142 e. The van der Waals surface area contributed by atoms with Crippen molar-refractivity contribution in [3.05, 3.63) is 23.8 Å². The van der Waals surface area contributed by atoms with Crippen LogP contribution in [0.15, 0.2) is 18.2 Å². The number of nitrogens with one attached hydrogen (secondary N) is 1. The number of rotatable bonds is 5. The summed E-state index contributed by atoms with van der Waals surface area (Å²) in [5, 5.41) is 12.9. The Morgan fingerprint density at radius 2 is 2.27 bits per heavy atom. The van der Waals surface area contributed by atoms with Crippen LogP contribution in [-0.4, -0.2) is 25.8 Å². The van der Waals surface area contributed by atoms with Crippen LogP contribution in [-0.2, 0) is 0 Å². The van der Waals surface area contributed by atoms with Crippen molar-refractivity contribution >= 4 is 5.69 Å². The third-order valence-electron chi connectivity index (χ3n) is 2.35. The number of anilines is 1. The van der Waals surface area contributed by atoms with Gasteiger partial charge in [0.25, 0.3) is 0 Å². The summed E-state index contributed by atoms with van der Waals surface area (Å²) in [5.41, 5.74) is 7.10. The fourth-order valence-electron chi connectivity index (χ4n) is 1.47. The second-order valence-corrected chi connectivity index (χ2v) is 3.37. The van der Waals surface area contributed by atoms with Gasteiger partial charge >= 0.3 is 0 Å². The number of nitrogen functional groups attached to an aromatic ring is 1. The van der Waals surface area contributed by atoms with E-state index in [-0.39, 0.29) is 0 Å². The highest BCUT2D eigenvalue weighted by molar-refractivity contribution is 5.59. The lowest BCUT2D eigenvalue weighted by molar-refractivity contribution is 0.168. The van der Waals surface area contributed by atoms with E-state index in [2.05, 4.69) is 5.32 Å². The molecule has 4 N–H and O–H groups in total. The lowest BCUT2D eigenvalue weighted by atomic mass is 10.0. The number of ether oxygens (including phenoxy) is 1. The predicted molar refractivity (Wildman–Crippen MR) is 60.9 cm³/mol. The Kier molecular flexibility index (Phi) is 4.39. The molecule has 0 aromatic heterocycles. The van der Waals surface area contributed by atoms with Crippen LogP contribution >= 0.6 is 0 Å². The molecule has 0 saturated carbocycles. The zero-order chi connectivity index (χ0) is 11.3. The van der Waals surface area contributed by atoms with Crippen molar-refractivity contribution in [2.45, 2.75) is 12.5 Å². The first-order chi connectivity index (χ1) is 7.20. The van der Waals surface area contributed by atoms with Crippen LogP contribution in [0.1, 0.15) is 18.1 Å². The molecular formula is C11H18N2O2. The standard InChI is InChI=1S/C11H18N2O2/c1-13-7-6-9(14)8-4-3-5-10(15-2)11(8)12/h3-5,9,13-14H,6-7,12H2,1-2H3. The molecule has 4 heteroatoms. The van der Waals surface area contributed by atoms with Crippen LogP contribution in [0.2, 0.25) is 0 Å². The minimum Gasteiger partial charge on any atom is -0.495 e. The SMILES string of the molecule is CNCCC(O)c1cccc(OC)c1N. The highest BCUT2D eigenvalue weighted by atomic mass is 16.5. The van der Waals surface area contributed by atoms with Crippen LogP contribution in [0, 0.1) is 0 Å². The Labute approximate surface area is 90.1 Å². The number of aliphatic hydroxyl groups excluding tert-OH is 1. The molecular weight excluding hydrogens is 192 g/mol. The van der Waals surface area contributed by atoms with Gasteiger partial charge < -0.3 is 20.9 Å². The summed E-state index contributed by atoms with van der Waals surface area (Å²) in [4.78, 5) is 0. The van der Waals surface area contributed by atoms with Crippen LogP contribution in [0.3, 0.4) is 0 Å². The molecule has 15 heavy (non-hydrogen) atoms. The molecule has 0 amide bonds. The third kappa shape index (κ3) is 2.84. The molecule has 4 nitrogen and oxygen atoms in total. The fourth-order valence-corrected chi connectivity index (χ4v) is 1.47. The summed E-state index contributed by atoms with van der Waals surface area (Å²) in [6.07, 6.45) is 0.0842. The molecule has 84 valence electrons. The molecule has 0 aliphatic rings. The zero-order valence-electron chi connectivity index (χ0n) is 9.16. The summed E-state index contributed by atoms with van der Waals surface area (Å²) in [6.45, 7) is 0.748. The molecule has 0 heterocycles. The van der Waals surface area contributed by atoms with E-state index in [1.54, 1.807) is 13.2 Å². The first-order valence-electron chi connectivity index (χ1n) is 4.95. The lowest BCUT2D eigenvalue weighted by Gasteiger charge is -2.15. The van der Waals surface area contributed by atoms with E-state index in [1.165, 1.54) is 0 Å². The minimum absolute atomic E-state index is 0.517. The molecule has 0 bridgehead atoms. The third-order valence-corrected chi connectivity index (χ3v) is 2.35. The van der Waals surface area contributed by atoms with Crippen molar-refractivity contribution < 1.29 is 9.84 Å². The van der Waals surface area contributed by atoms with Gasteiger partial charge in [-0.15, -0.1) is 0 Å². The van der Waals surface area contributed by atoms with Crippen molar-refractivity contribution in [2.24, 2.45) is 0 Å². The van der Waals surface area contributed by atoms with Crippen LogP contribution in [0.5, 0.6) is 5.75 Å². The van der Waals surface area contributed by atoms with Gasteiger partial charge in [0.1, 0.15) is 5.75 Å². The number of hydrogen-bond acceptors (Lipinski definition) is 4. The van der Waals surface area contributed by atoms with E-state index in [0.29, 0.717) is 17.9 Å². The van der Waals surface area contributed by atoms with Crippen molar-refractivity contribution in [2.75, 3.05) is 26.4 Å². The second kappa shape index (κ2) is 5.58. The molecule has 1 rings (SSSR count). The Morgan fingerprint density at radius 3 is 2.87 bits per heavy atom. The monoisotopic (exact) mass is 210 g/mol. The normalized spacial score (nSPS) is 12.5. The lowest BCUT2D eigenvalue weighted by Crippen LogP contribution is -2.13. The van der Waals surface area contributed by atoms with E-state index in [9.17, 15) is 5.11 Å². The molecule has 1 aromatic carbocycles. The van der Waals surface area contributed by atoms with Gasteiger partial charge in [0.15, 0.2) is 0 Å². The maximum absolute atomic E-state index is 9.88. The van der Waals surface area contributed by atoms with Crippen LogP contribution in [0.4, 0.5) is 5.69 Å². The maximum atomic E-state index is 9.88. The van der Waals surface area contributed by atoms with Gasteiger partial charge in [-0.25, -0.2) is 0 Å². The number of benzene rings is 1. The Hall–Kier alpha value is -1.26. The second-order valence-electron chi connectivity index (χ2n) is 3.37. The van der Waals surface area contributed by atoms with Gasteiger partial charge in [0.05, 0.1) is 18.9 Å². The molecule has 1 aromatic rings. The van der Waals surface area contributed by atoms with Gasteiger partial charge in [-0.3, -0.25) is 0 Å². The number of aliphatic hydroxyl groups is 1. The van der Waals surface area contributed by atoms with Gasteiger partial charge in [-0.1, -0.05) is 12.1 Å². The fraction of sp³-hybridized carbons (Fsp3) is 0.455. The van der Waals surface area contributed by atoms with Crippen molar-refractivity contribution in [1.82, 2.24) is 5.32 Å². The average molecular weight is 210 g/mol. The molecule has 0 fully saturated rings. The topological polar surface area (TPSA) is 67.5 Å². The van der Waals surface area contributed by atoms with Gasteiger partial charge in [-0.05, 0) is 26.1 Å². The molecule has 0 aliphatic carbocycles. The Morgan fingerprint density at radius 1 is 1.53 bits per heavy atom.